The quantitative estimate of drug-likeness (QED) is 0.894. The first-order valence-electron chi connectivity index (χ1n) is 8.04. The fourth-order valence-corrected chi connectivity index (χ4v) is 2.65. The Hall–Kier alpha value is -2.11. The zero-order valence-corrected chi connectivity index (χ0v) is 13.6. The van der Waals surface area contributed by atoms with Gasteiger partial charge in [-0.3, -0.25) is 4.79 Å². The van der Waals surface area contributed by atoms with Crippen LogP contribution >= 0.6 is 0 Å². The minimum atomic E-state index is -0.312. The maximum Gasteiger partial charge on any atom is 0.317 e. The van der Waals surface area contributed by atoms with Crippen LogP contribution in [-0.4, -0.2) is 36.0 Å². The Morgan fingerprint density at radius 1 is 1.26 bits per heavy atom. The van der Waals surface area contributed by atoms with Gasteiger partial charge in [-0.1, -0.05) is 18.2 Å². The van der Waals surface area contributed by atoms with Crippen LogP contribution in [0.5, 0.6) is 0 Å². The molecular weight excluding hydrogens is 297 g/mol. The summed E-state index contributed by atoms with van der Waals surface area (Å²) in [4.78, 5) is 25.8. The molecule has 1 aliphatic heterocycles. The summed E-state index contributed by atoms with van der Waals surface area (Å²) in [7, 11) is 0. The van der Waals surface area contributed by atoms with Gasteiger partial charge in [0.2, 0.25) is 5.91 Å². The highest BCUT2D eigenvalue weighted by Gasteiger charge is 2.27. The number of piperidine rings is 1. The van der Waals surface area contributed by atoms with E-state index >= 15 is 0 Å². The smallest absolute Gasteiger partial charge is 0.317 e. The molecule has 0 unspecified atom stereocenters. The molecule has 0 saturated carbocycles. The maximum atomic E-state index is 13.5. The van der Waals surface area contributed by atoms with Gasteiger partial charge >= 0.3 is 6.03 Å². The molecule has 0 aromatic heterocycles. The number of benzene rings is 1. The standard InChI is InChI=1S/C17H24FN3O2/c1-12(2)20-17(23)21-9-7-13(8-10-21)16(22)19-11-14-5-3-4-6-15(14)18/h3-6,12-13H,7-11H2,1-2H3,(H,19,22)(H,20,23). The SMILES string of the molecule is CC(C)NC(=O)N1CCC(C(=O)NCc2ccccc2F)CC1. The average Bonchev–Trinajstić information content (AvgIpc) is 2.53. The molecule has 126 valence electrons. The first-order valence-corrected chi connectivity index (χ1v) is 8.04. The van der Waals surface area contributed by atoms with Gasteiger partial charge in [-0.2, -0.15) is 0 Å². The summed E-state index contributed by atoms with van der Waals surface area (Å²) in [5.74, 6) is -0.505. The van der Waals surface area contributed by atoms with Crippen LogP contribution in [0.2, 0.25) is 0 Å². The molecule has 3 amide bonds. The molecule has 0 atom stereocenters. The molecule has 1 saturated heterocycles. The summed E-state index contributed by atoms with van der Waals surface area (Å²) < 4.78 is 13.5. The normalized spacial score (nSPS) is 15.6. The number of nitrogens with zero attached hydrogens (tertiary/aromatic N) is 1. The largest absolute Gasteiger partial charge is 0.352 e. The monoisotopic (exact) mass is 321 g/mol. The first-order chi connectivity index (χ1) is 11.0. The van der Waals surface area contributed by atoms with E-state index in [0.29, 0.717) is 31.5 Å². The predicted octanol–water partition coefficient (Wildman–Crippen LogP) is 2.27. The molecule has 0 radical (unpaired) electrons. The number of hydrogen-bond acceptors (Lipinski definition) is 2. The van der Waals surface area contributed by atoms with E-state index in [1.54, 1.807) is 23.1 Å². The molecule has 0 bridgehead atoms. The average molecular weight is 321 g/mol. The maximum absolute atomic E-state index is 13.5. The Morgan fingerprint density at radius 2 is 1.91 bits per heavy atom. The zero-order chi connectivity index (χ0) is 16.8. The number of likely N-dealkylation sites (tertiary alicyclic amines) is 1. The number of nitrogens with one attached hydrogen (secondary N) is 2. The number of halogens is 1. The van der Waals surface area contributed by atoms with Crippen LogP contribution in [0, 0.1) is 11.7 Å². The lowest BCUT2D eigenvalue weighted by molar-refractivity contribution is -0.126. The zero-order valence-electron chi connectivity index (χ0n) is 13.6. The van der Waals surface area contributed by atoms with Gasteiger partial charge in [0.25, 0.3) is 0 Å². The lowest BCUT2D eigenvalue weighted by Gasteiger charge is -2.32. The molecule has 1 aromatic rings. The summed E-state index contributed by atoms with van der Waals surface area (Å²) in [6, 6.07) is 6.44. The summed E-state index contributed by atoms with van der Waals surface area (Å²) in [5.41, 5.74) is 0.481. The van der Waals surface area contributed by atoms with E-state index in [9.17, 15) is 14.0 Å². The lowest BCUT2D eigenvalue weighted by atomic mass is 9.96. The van der Waals surface area contributed by atoms with Crippen LogP contribution in [-0.2, 0) is 11.3 Å². The Labute approximate surface area is 136 Å². The summed E-state index contributed by atoms with van der Waals surface area (Å²) in [6.07, 6.45) is 1.27. The number of urea groups is 1. The van der Waals surface area contributed by atoms with Crippen molar-refractivity contribution in [2.75, 3.05) is 13.1 Å². The third kappa shape index (κ3) is 4.94. The Bertz CT molecular complexity index is 555. The molecular formula is C17H24FN3O2. The van der Waals surface area contributed by atoms with E-state index in [2.05, 4.69) is 10.6 Å². The molecule has 1 fully saturated rings. The van der Waals surface area contributed by atoms with Crippen molar-refractivity contribution in [1.82, 2.24) is 15.5 Å². The Balaban J connectivity index is 1.77. The molecule has 23 heavy (non-hydrogen) atoms. The van der Waals surface area contributed by atoms with Crippen molar-refractivity contribution >= 4 is 11.9 Å². The third-order valence-corrected chi connectivity index (χ3v) is 3.98. The lowest BCUT2D eigenvalue weighted by Crippen LogP contribution is -2.48. The second-order valence-corrected chi connectivity index (χ2v) is 6.17. The molecule has 2 rings (SSSR count). The van der Waals surface area contributed by atoms with E-state index in [1.165, 1.54) is 6.07 Å². The molecule has 5 nitrogen and oxygen atoms in total. The molecule has 2 N–H and O–H groups in total. The second kappa shape index (κ2) is 7.94. The van der Waals surface area contributed by atoms with E-state index in [0.717, 1.165) is 0 Å². The summed E-state index contributed by atoms with van der Waals surface area (Å²) in [6.45, 7) is 5.16. The van der Waals surface area contributed by atoms with Gasteiger partial charge in [-0.15, -0.1) is 0 Å². The molecule has 1 aromatic carbocycles. The van der Waals surface area contributed by atoms with Crippen molar-refractivity contribution in [2.45, 2.75) is 39.3 Å². The fraction of sp³-hybridized carbons (Fsp3) is 0.529. The van der Waals surface area contributed by atoms with E-state index in [4.69, 9.17) is 0 Å². The van der Waals surface area contributed by atoms with Crippen LogP contribution < -0.4 is 10.6 Å². The molecule has 6 heteroatoms. The van der Waals surface area contributed by atoms with E-state index in [1.807, 2.05) is 13.8 Å². The van der Waals surface area contributed by atoms with Gasteiger partial charge in [0.15, 0.2) is 0 Å². The van der Waals surface area contributed by atoms with Gasteiger partial charge in [0, 0.05) is 37.2 Å². The number of carbonyl (C=O) groups excluding carboxylic acids is 2. The number of rotatable bonds is 4. The number of amides is 3. The van der Waals surface area contributed by atoms with Crippen molar-refractivity contribution in [1.29, 1.82) is 0 Å². The minimum Gasteiger partial charge on any atom is -0.352 e. The van der Waals surface area contributed by atoms with Gasteiger partial charge in [-0.05, 0) is 32.8 Å². The molecule has 0 aliphatic carbocycles. The van der Waals surface area contributed by atoms with E-state index < -0.39 is 0 Å². The van der Waals surface area contributed by atoms with Crippen LogP contribution in [0.1, 0.15) is 32.3 Å². The van der Waals surface area contributed by atoms with Crippen molar-refractivity contribution in [3.8, 4) is 0 Å². The molecule has 0 spiro atoms. The minimum absolute atomic E-state index is 0.0721. The van der Waals surface area contributed by atoms with Crippen molar-refractivity contribution in [2.24, 2.45) is 5.92 Å². The highest BCUT2D eigenvalue weighted by atomic mass is 19.1. The van der Waals surface area contributed by atoms with Crippen LogP contribution in [0.4, 0.5) is 9.18 Å². The predicted molar refractivity (Wildman–Crippen MR) is 86.2 cm³/mol. The van der Waals surface area contributed by atoms with Crippen LogP contribution in [0.25, 0.3) is 0 Å². The number of carbonyl (C=O) groups is 2. The van der Waals surface area contributed by atoms with Crippen molar-refractivity contribution in [3.05, 3.63) is 35.6 Å². The fourth-order valence-electron chi connectivity index (χ4n) is 2.65. The Kier molecular flexibility index (Phi) is 5.96. The highest BCUT2D eigenvalue weighted by Crippen LogP contribution is 2.18. The summed E-state index contributed by atoms with van der Waals surface area (Å²) >= 11 is 0. The summed E-state index contributed by atoms with van der Waals surface area (Å²) in [5, 5.41) is 5.64. The van der Waals surface area contributed by atoms with Gasteiger partial charge in [0.1, 0.15) is 5.82 Å². The topological polar surface area (TPSA) is 61.4 Å². The molecule has 1 aliphatic rings. The Morgan fingerprint density at radius 3 is 2.52 bits per heavy atom. The molecule has 1 heterocycles. The number of hydrogen-bond donors (Lipinski definition) is 2. The van der Waals surface area contributed by atoms with Gasteiger partial charge in [-0.25, -0.2) is 9.18 Å². The van der Waals surface area contributed by atoms with Gasteiger partial charge in [0.05, 0.1) is 0 Å². The van der Waals surface area contributed by atoms with Gasteiger partial charge < -0.3 is 15.5 Å². The first kappa shape index (κ1) is 17.2. The highest BCUT2D eigenvalue weighted by molar-refractivity contribution is 5.79. The van der Waals surface area contributed by atoms with Crippen LogP contribution in [0.3, 0.4) is 0 Å². The third-order valence-electron chi connectivity index (χ3n) is 3.98. The second-order valence-electron chi connectivity index (χ2n) is 6.17. The van der Waals surface area contributed by atoms with Crippen LogP contribution in [0.15, 0.2) is 24.3 Å². The van der Waals surface area contributed by atoms with Crippen molar-refractivity contribution in [3.63, 3.8) is 0 Å². The van der Waals surface area contributed by atoms with E-state index in [-0.39, 0.29) is 36.3 Å². The van der Waals surface area contributed by atoms with Crippen molar-refractivity contribution < 1.29 is 14.0 Å².